The molecule has 14 heteroatoms. The number of esters is 1. The Hall–Kier alpha value is -3.11. The van der Waals surface area contributed by atoms with Gasteiger partial charge in [0, 0.05) is 24.2 Å². The van der Waals surface area contributed by atoms with E-state index in [0.717, 1.165) is 24.3 Å². The predicted molar refractivity (Wildman–Crippen MR) is 125 cm³/mol. The monoisotopic (exact) mass is 548 g/mol. The smallest absolute Gasteiger partial charge is 0.416 e. The van der Waals surface area contributed by atoms with Crippen molar-refractivity contribution in [2.75, 3.05) is 12.8 Å². The third kappa shape index (κ3) is 6.36. The van der Waals surface area contributed by atoms with E-state index in [1.807, 2.05) is 0 Å². The number of alkyl halides is 3. The van der Waals surface area contributed by atoms with Crippen LogP contribution in [0.4, 0.5) is 18.9 Å². The summed E-state index contributed by atoms with van der Waals surface area (Å²) in [5.74, 6) is -1.20. The van der Waals surface area contributed by atoms with E-state index in [-0.39, 0.29) is 46.2 Å². The average molecular weight is 549 g/mol. The highest BCUT2D eigenvalue weighted by Gasteiger charge is 2.38. The molecule has 194 valence electrons. The van der Waals surface area contributed by atoms with Gasteiger partial charge in [0.1, 0.15) is 16.8 Å². The zero-order chi connectivity index (χ0) is 26.7. The first kappa shape index (κ1) is 27.5. The van der Waals surface area contributed by atoms with Gasteiger partial charge in [-0.05, 0) is 44.0 Å². The first-order valence-corrected chi connectivity index (χ1v) is 12.9. The lowest BCUT2D eigenvalue weighted by Gasteiger charge is -2.17. The Bertz CT molecular complexity index is 1250. The predicted octanol–water partition coefficient (Wildman–Crippen LogP) is 6.33. The molecule has 36 heavy (non-hydrogen) atoms. The fourth-order valence-electron chi connectivity index (χ4n) is 3.10. The van der Waals surface area contributed by atoms with Gasteiger partial charge in [0.15, 0.2) is 5.71 Å². The second kappa shape index (κ2) is 10.9. The molecule has 0 bridgehead atoms. The normalized spacial score (nSPS) is 15.7. The van der Waals surface area contributed by atoms with Crippen molar-refractivity contribution in [2.24, 2.45) is 11.1 Å². The van der Waals surface area contributed by atoms with E-state index < -0.39 is 35.7 Å². The van der Waals surface area contributed by atoms with Crippen molar-refractivity contribution in [2.45, 2.75) is 32.9 Å². The lowest BCUT2D eigenvalue weighted by molar-refractivity contribution is -0.383. The van der Waals surface area contributed by atoms with Crippen LogP contribution >= 0.6 is 19.0 Å². The number of hydrogen-bond donors (Lipinski definition) is 0. The summed E-state index contributed by atoms with van der Waals surface area (Å²) in [6.07, 6.45) is -3.51. The fourth-order valence-corrected chi connectivity index (χ4v) is 4.92. The van der Waals surface area contributed by atoms with Crippen LogP contribution in [0.1, 0.15) is 32.3 Å². The van der Waals surface area contributed by atoms with E-state index in [9.17, 15) is 32.6 Å². The van der Waals surface area contributed by atoms with E-state index in [1.54, 1.807) is 6.92 Å². The van der Waals surface area contributed by atoms with Crippen molar-refractivity contribution in [3.05, 3.63) is 57.1 Å². The summed E-state index contributed by atoms with van der Waals surface area (Å²) in [7, 11) is -4.04. The molecule has 0 radical (unpaired) electrons. The number of rotatable bonds is 10. The fraction of sp³-hybridized carbons (Fsp3) is 0.364. The highest BCUT2D eigenvalue weighted by atomic mass is 35.5. The van der Waals surface area contributed by atoms with Gasteiger partial charge in [-0.15, -0.1) is 0 Å². The van der Waals surface area contributed by atoms with Crippen molar-refractivity contribution in [1.82, 2.24) is 0 Å². The number of hydrogen-bond acceptors (Lipinski definition) is 8. The van der Waals surface area contributed by atoms with Crippen LogP contribution in [0.5, 0.6) is 11.5 Å². The largest absolute Gasteiger partial charge is 0.461 e. The van der Waals surface area contributed by atoms with E-state index in [4.69, 9.17) is 25.7 Å². The van der Waals surface area contributed by atoms with Crippen LogP contribution in [-0.4, -0.2) is 29.4 Å². The second-order valence-corrected chi connectivity index (χ2v) is 10.7. The molecule has 0 saturated heterocycles. The quantitative estimate of drug-likeness (QED) is 0.112. The number of oxime groups is 1. The van der Waals surface area contributed by atoms with Gasteiger partial charge in [-0.3, -0.25) is 14.7 Å². The molecule has 1 fully saturated rings. The van der Waals surface area contributed by atoms with Gasteiger partial charge in [0.25, 0.3) is 5.69 Å². The molecule has 9 nitrogen and oxygen atoms in total. The molecular weight excluding hydrogens is 528 g/mol. The number of carbonyl (C=O) groups is 1. The summed E-state index contributed by atoms with van der Waals surface area (Å²) in [5, 5.41) is 14.7. The Kier molecular flexibility index (Phi) is 8.30. The number of carbonyl (C=O) groups excluding carboxylic acids is 1. The maximum atomic E-state index is 13.7. The van der Waals surface area contributed by atoms with E-state index in [1.165, 1.54) is 13.0 Å². The second-order valence-electron chi connectivity index (χ2n) is 7.70. The van der Waals surface area contributed by atoms with Gasteiger partial charge in [0.05, 0.1) is 22.1 Å². The van der Waals surface area contributed by atoms with Gasteiger partial charge in [-0.25, -0.2) is 4.79 Å². The topological polar surface area (TPSA) is 117 Å². The standard InChI is InChI=1S/C22H21ClF3N2O7P/c1-3-33-21(29)20(13-5-6-13)27-35-36(32,4-2)19-12-15(8-9-17(19)28(30)31)34-18-10-7-14(11-16(18)23)22(24,25)26/h7-13H,3-6H2,1-2H3. The van der Waals surface area contributed by atoms with Crippen LogP contribution in [-0.2, 0) is 24.9 Å². The lowest BCUT2D eigenvalue weighted by Crippen LogP contribution is -2.21. The number of ether oxygens (including phenoxy) is 2. The maximum Gasteiger partial charge on any atom is 0.416 e. The Morgan fingerprint density at radius 1 is 1.22 bits per heavy atom. The molecule has 0 N–H and O–H groups in total. The van der Waals surface area contributed by atoms with Crippen molar-refractivity contribution in [3.8, 4) is 11.5 Å². The number of nitro benzene ring substituents is 1. The summed E-state index contributed by atoms with van der Waals surface area (Å²) in [6, 6.07) is 5.70. The third-order valence-corrected chi connectivity index (χ3v) is 7.70. The Balaban J connectivity index is 1.97. The van der Waals surface area contributed by atoms with E-state index in [0.29, 0.717) is 18.9 Å². The molecule has 0 spiro atoms. The van der Waals surface area contributed by atoms with E-state index in [2.05, 4.69) is 5.16 Å². The highest BCUT2D eigenvalue weighted by Crippen LogP contribution is 2.49. The summed E-state index contributed by atoms with van der Waals surface area (Å²) in [6.45, 7) is 3.16. The van der Waals surface area contributed by atoms with Crippen LogP contribution in [0.15, 0.2) is 41.6 Å². The molecule has 2 aromatic rings. The number of nitrogens with zero attached hydrogens (tertiary/aromatic N) is 2. The lowest BCUT2D eigenvalue weighted by atomic mass is 10.2. The van der Waals surface area contributed by atoms with Crippen LogP contribution in [0.2, 0.25) is 5.02 Å². The molecule has 3 rings (SSSR count). The van der Waals surface area contributed by atoms with Crippen molar-refractivity contribution < 1.29 is 41.6 Å². The minimum atomic E-state index is -4.61. The van der Waals surface area contributed by atoms with Crippen molar-refractivity contribution in [1.29, 1.82) is 0 Å². The minimum Gasteiger partial charge on any atom is -0.461 e. The van der Waals surface area contributed by atoms with Gasteiger partial charge in [-0.1, -0.05) is 23.7 Å². The highest BCUT2D eigenvalue weighted by molar-refractivity contribution is 7.67. The van der Waals surface area contributed by atoms with Crippen molar-refractivity contribution >= 4 is 41.6 Å². The Labute approximate surface area is 208 Å². The molecule has 1 aliphatic rings. The SMILES string of the molecule is CCOC(=O)C(=NOP(=O)(CC)c1cc(Oc2ccc(C(F)(F)F)cc2Cl)ccc1[N+](=O)[O-])C1CC1. The zero-order valence-corrected chi connectivity index (χ0v) is 20.7. The summed E-state index contributed by atoms with van der Waals surface area (Å²) in [4.78, 5) is 23.1. The molecule has 1 saturated carbocycles. The Morgan fingerprint density at radius 3 is 2.44 bits per heavy atom. The van der Waals surface area contributed by atoms with Gasteiger partial charge >= 0.3 is 19.5 Å². The molecule has 0 amide bonds. The zero-order valence-electron chi connectivity index (χ0n) is 19.1. The van der Waals surface area contributed by atoms with Crippen molar-refractivity contribution in [3.63, 3.8) is 0 Å². The van der Waals surface area contributed by atoms with Gasteiger partial charge < -0.3 is 14.1 Å². The molecule has 1 atom stereocenters. The van der Waals surface area contributed by atoms with Crippen LogP contribution in [0.3, 0.4) is 0 Å². The van der Waals surface area contributed by atoms with Crippen LogP contribution in [0.25, 0.3) is 0 Å². The van der Waals surface area contributed by atoms with Crippen LogP contribution < -0.4 is 10.0 Å². The molecule has 2 aromatic carbocycles. The van der Waals surface area contributed by atoms with Gasteiger partial charge in [-0.2, -0.15) is 13.2 Å². The number of nitro groups is 1. The summed E-state index contributed by atoms with van der Waals surface area (Å²) < 4.78 is 68.1. The molecule has 1 aliphatic carbocycles. The molecule has 0 aliphatic heterocycles. The number of halogens is 4. The molecular formula is C22H21ClF3N2O7P. The molecule has 1 unspecified atom stereocenters. The summed E-state index contributed by atoms with van der Waals surface area (Å²) >= 11 is 5.93. The Morgan fingerprint density at radius 2 is 1.92 bits per heavy atom. The minimum absolute atomic E-state index is 0.0582. The van der Waals surface area contributed by atoms with E-state index >= 15 is 0 Å². The maximum absolute atomic E-state index is 13.7. The van der Waals surface area contributed by atoms with Gasteiger partial charge in [0.2, 0.25) is 0 Å². The van der Waals surface area contributed by atoms with Crippen LogP contribution in [0, 0.1) is 16.0 Å². The third-order valence-electron chi connectivity index (χ3n) is 5.13. The summed E-state index contributed by atoms with van der Waals surface area (Å²) in [5.41, 5.74) is -1.60. The molecule has 0 aromatic heterocycles. The molecule has 0 heterocycles. The number of benzene rings is 2. The first-order chi connectivity index (χ1) is 16.9. The first-order valence-electron chi connectivity index (χ1n) is 10.8. The average Bonchev–Trinajstić information content (AvgIpc) is 3.65.